The standard InChI is InChI=1S/C16H17N5O/c1-11-15(18-16(22)13-9-17-20(3)10-13)12(2)21(19-11)14-7-5-4-6-8-14/h4-10H,1-3H3,(H,18,22). The van der Waals surface area contributed by atoms with Gasteiger partial charge in [-0.3, -0.25) is 9.48 Å². The molecule has 0 aliphatic rings. The second kappa shape index (κ2) is 5.48. The SMILES string of the molecule is Cc1nn(-c2ccccc2)c(C)c1NC(=O)c1cnn(C)c1. The third-order valence-electron chi connectivity index (χ3n) is 3.50. The van der Waals surface area contributed by atoms with Gasteiger partial charge in [-0.05, 0) is 26.0 Å². The molecule has 0 atom stereocenters. The van der Waals surface area contributed by atoms with E-state index in [9.17, 15) is 4.79 Å². The van der Waals surface area contributed by atoms with E-state index in [4.69, 9.17) is 0 Å². The zero-order chi connectivity index (χ0) is 15.7. The van der Waals surface area contributed by atoms with Crippen molar-refractivity contribution in [2.24, 2.45) is 7.05 Å². The second-order valence-electron chi connectivity index (χ2n) is 5.15. The Hall–Kier alpha value is -2.89. The maximum atomic E-state index is 12.3. The quantitative estimate of drug-likeness (QED) is 0.807. The minimum atomic E-state index is -0.188. The van der Waals surface area contributed by atoms with Gasteiger partial charge < -0.3 is 5.32 Å². The molecule has 6 heteroatoms. The maximum absolute atomic E-state index is 12.3. The molecule has 0 unspecified atom stereocenters. The van der Waals surface area contributed by atoms with Crippen molar-refractivity contribution in [1.29, 1.82) is 0 Å². The molecule has 1 amide bonds. The van der Waals surface area contributed by atoms with Gasteiger partial charge in [0.15, 0.2) is 0 Å². The van der Waals surface area contributed by atoms with Gasteiger partial charge in [0.2, 0.25) is 0 Å². The van der Waals surface area contributed by atoms with Crippen molar-refractivity contribution < 1.29 is 4.79 Å². The number of aryl methyl sites for hydroxylation is 2. The molecule has 6 nitrogen and oxygen atoms in total. The number of hydrogen-bond donors (Lipinski definition) is 1. The summed E-state index contributed by atoms with van der Waals surface area (Å²) in [6.07, 6.45) is 3.23. The van der Waals surface area contributed by atoms with Crippen molar-refractivity contribution in [3.8, 4) is 5.69 Å². The summed E-state index contributed by atoms with van der Waals surface area (Å²) in [6, 6.07) is 9.83. The Labute approximate surface area is 128 Å². The van der Waals surface area contributed by atoms with Crippen LogP contribution >= 0.6 is 0 Å². The molecule has 1 N–H and O–H groups in total. The highest BCUT2D eigenvalue weighted by atomic mass is 16.1. The van der Waals surface area contributed by atoms with Gasteiger partial charge in [0.05, 0.1) is 34.5 Å². The van der Waals surface area contributed by atoms with E-state index in [0.29, 0.717) is 5.56 Å². The average Bonchev–Trinajstić information content (AvgIpc) is 3.07. The minimum absolute atomic E-state index is 0.188. The van der Waals surface area contributed by atoms with Gasteiger partial charge in [0.25, 0.3) is 5.91 Å². The van der Waals surface area contributed by atoms with Gasteiger partial charge in [0, 0.05) is 13.2 Å². The van der Waals surface area contributed by atoms with Crippen LogP contribution < -0.4 is 5.32 Å². The van der Waals surface area contributed by atoms with Crippen molar-refractivity contribution in [2.75, 3.05) is 5.32 Å². The van der Waals surface area contributed by atoms with Crippen molar-refractivity contribution >= 4 is 11.6 Å². The van der Waals surface area contributed by atoms with Crippen LogP contribution in [0.2, 0.25) is 0 Å². The molecule has 0 radical (unpaired) electrons. The lowest BCUT2D eigenvalue weighted by atomic mass is 10.2. The Kier molecular flexibility index (Phi) is 3.50. The first-order valence-electron chi connectivity index (χ1n) is 6.98. The predicted octanol–water partition coefficient (Wildman–Crippen LogP) is 2.47. The van der Waals surface area contributed by atoms with Crippen LogP contribution in [0.4, 0.5) is 5.69 Å². The fourth-order valence-electron chi connectivity index (χ4n) is 2.37. The number of nitrogens with zero attached hydrogens (tertiary/aromatic N) is 4. The first-order chi connectivity index (χ1) is 10.6. The summed E-state index contributed by atoms with van der Waals surface area (Å²) < 4.78 is 3.43. The monoisotopic (exact) mass is 295 g/mol. The Bertz CT molecular complexity index is 816. The number of rotatable bonds is 3. The Morgan fingerprint density at radius 3 is 2.55 bits per heavy atom. The Morgan fingerprint density at radius 1 is 1.18 bits per heavy atom. The van der Waals surface area contributed by atoms with Crippen LogP contribution in [0.15, 0.2) is 42.7 Å². The molecule has 112 valence electrons. The fraction of sp³-hybridized carbons (Fsp3) is 0.188. The van der Waals surface area contributed by atoms with Crippen LogP contribution in [0.1, 0.15) is 21.7 Å². The molecular formula is C16H17N5O. The molecule has 0 spiro atoms. The number of anilines is 1. The van der Waals surface area contributed by atoms with E-state index < -0.39 is 0 Å². The lowest BCUT2D eigenvalue weighted by molar-refractivity contribution is 0.102. The lowest BCUT2D eigenvalue weighted by Gasteiger charge is -2.06. The summed E-state index contributed by atoms with van der Waals surface area (Å²) >= 11 is 0. The highest BCUT2D eigenvalue weighted by Crippen LogP contribution is 2.23. The molecule has 1 aromatic carbocycles. The van der Waals surface area contributed by atoms with Crippen LogP contribution in [0.5, 0.6) is 0 Å². The van der Waals surface area contributed by atoms with Gasteiger partial charge in [-0.2, -0.15) is 10.2 Å². The maximum Gasteiger partial charge on any atom is 0.258 e. The van der Waals surface area contributed by atoms with Gasteiger partial charge in [-0.25, -0.2) is 4.68 Å². The number of amides is 1. The molecule has 22 heavy (non-hydrogen) atoms. The van der Waals surface area contributed by atoms with E-state index in [0.717, 1.165) is 22.8 Å². The smallest absolute Gasteiger partial charge is 0.258 e. The molecule has 3 rings (SSSR count). The first-order valence-corrected chi connectivity index (χ1v) is 6.98. The molecule has 2 heterocycles. The summed E-state index contributed by atoms with van der Waals surface area (Å²) in [7, 11) is 1.78. The molecule has 0 aliphatic heterocycles. The van der Waals surface area contributed by atoms with E-state index in [-0.39, 0.29) is 5.91 Å². The van der Waals surface area contributed by atoms with Crippen LogP contribution in [0, 0.1) is 13.8 Å². The predicted molar refractivity (Wildman–Crippen MR) is 84.2 cm³/mol. The number of carbonyl (C=O) groups is 1. The summed E-state index contributed by atoms with van der Waals surface area (Å²) in [5.74, 6) is -0.188. The third kappa shape index (κ3) is 2.50. The van der Waals surface area contributed by atoms with Crippen LogP contribution in [-0.4, -0.2) is 25.5 Å². The van der Waals surface area contributed by atoms with Crippen molar-refractivity contribution in [3.05, 3.63) is 59.7 Å². The first kappa shape index (κ1) is 14.1. The van der Waals surface area contributed by atoms with E-state index in [1.165, 1.54) is 0 Å². The topological polar surface area (TPSA) is 64.7 Å². The summed E-state index contributed by atoms with van der Waals surface area (Å²) in [6.45, 7) is 3.82. The molecule has 0 saturated carbocycles. The summed E-state index contributed by atoms with van der Waals surface area (Å²) in [5.41, 5.74) is 3.89. The third-order valence-corrected chi connectivity index (χ3v) is 3.50. The molecule has 2 aromatic heterocycles. The van der Waals surface area contributed by atoms with Gasteiger partial charge in [0.1, 0.15) is 0 Å². The molecule has 0 bridgehead atoms. The minimum Gasteiger partial charge on any atom is -0.319 e. The Morgan fingerprint density at radius 2 is 1.91 bits per heavy atom. The van der Waals surface area contributed by atoms with E-state index in [2.05, 4.69) is 15.5 Å². The highest BCUT2D eigenvalue weighted by Gasteiger charge is 2.16. The van der Waals surface area contributed by atoms with Crippen molar-refractivity contribution in [1.82, 2.24) is 19.6 Å². The normalized spacial score (nSPS) is 10.7. The van der Waals surface area contributed by atoms with E-state index in [1.807, 2.05) is 48.9 Å². The zero-order valence-corrected chi connectivity index (χ0v) is 12.7. The lowest BCUT2D eigenvalue weighted by Crippen LogP contribution is -2.12. The van der Waals surface area contributed by atoms with E-state index in [1.54, 1.807) is 24.1 Å². The van der Waals surface area contributed by atoms with Crippen molar-refractivity contribution in [3.63, 3.8) is 0 Å². The number of benzene rings is 1. The largest absolute Gasteiger partial charge is 0.319 e. The molecular weight excluding hydrogens is 278 g/mol. The van der Waals surface area contributed by atoms with Crippen LogP contribution in [0.25, 0.3) is 5.69 Å². The van der Waals surface area contributed by atoms with Gasteiger partial charge in [-0.1, -0.05) is 18.2 Å². The number of aromatic nitrogens is 4. The number of para-hydroxylation sites is 1. The molecule has 3 aromatic rings. The molecule has 0 aliphatic carbocycles. The molecule has 0 saturated heterocycles. The number of hydrogen-bond acceptors (Lipinski definition) is 3. The fourth-order valence-corrected chi connectivity index (χ4v) is 2.37. The van der Waals surface area contributed by atoms with Gasteiger partial charge >= 0.3 is 0 Å². The summed E-state index contributed by atoms with van der Waals surface area (Å²) in [4.78, 5) is 12.3. The number of nitrogens with one attached hydrogen (secondary N) is 1. The Balaban J connectivity index is 1.92. The van der Waals surface area contributed by atoms with E-state index >= 15 is 0 Å². The van der Waals surface area contributed by atoms with Gasteiger partial charge in [-0.15, -0.1) is 0 Å². The summed E-state index contributed by atoms with van der Waals surface area (Å²) in [5, 5.41) is 11.4. The van der Waals surface area contributed by atoms with Crippen LogP contribution in [0.3, 0.4) is 0 Å². The number of carbonyl (C=O) groups excluding carboxylic acids is 1. The van der Waals surface area contributed by atoms with Crippen molar-refractivity contribution in [2.45, 2.75) is 13.8 Å². The zero-order valence-electron chi connectivity index (χ0n) is 12.7. The van der Waals surface area contributed by atoms with Crippen LogP contribution in [-0.2, 0) is 7.05 Å². The highest BCUT2D eigenvalue weighted by molar-refractivity contribution is 6.04. The average molecular weight is 295 g/mol. The second-order valence-corrected chi connectivity index (χ2v) is 5.15. The molecule has 0 fully saturated rings.